The van der Waals surface area contributed by atoms with Gasteiger partial charge in [-0.3, -0.25) is 4.98 Å². The summed E-state index contributed by atoms with van der Waals surface area (Å²) >= 11 is 6.11. The fraction of sp³-hybridized carbons (Fsp3) is 0.643. The molecule has 2 rings (SSSR count). The Kier molecular flexibility index (Phi) is 4.84. The summed E-state index contributed by atoms with van der Waals surface area (Å²) in [7, 11) is 1.69. The smallest absolute Gasteiger partial charge is 0.122 e. The van der Waals surface area contributed by atoms with Gasteiger partial charge in [0.1, 0.15) is 5.75 Å². The van der Waals surface area contributed by atoms with E-state index >= 15 is 0 Å². The third-order valence-electron chi connectivity index (χ3n) is 3.43. The van der Waals surface area contributed by atoms with Crippen LogP contribution in [0.3, 0.4) is 0 Å². The maximum Gasteiger partial charge on any atom is 0.122 e. The number of halogens is 1. The van der Waals surface area contributed by atoms with Crippen LogP contribution in [0.5, 0.6) is 5.75 Å². The van der Waals surface area contributed by atoms with Gasteiger partial charge >= 0.3 is 0 Å². The van der Waals surface area contributed by atoms with E-state index in [1.165, 1.54) is 6.42 Å². The van der Waals surface area contributed by atoms with E-state index < -0.39 is 0 Å². The lowest BCUT2D eigenvalue weighted by Crippen LogP contribution is -2.21. The summed E-state index contributed by atoms with van der Waals surface area (Å²) in [6.45, 7) is 3.81. The normalized spacial score (nSPS) is 23.3. The van der Waals surface area contributed by atoms with Crippen LogP contribution >= 0.6 is 11.6 Å². The number of pyridine rings is 1. The number of ether oxygens (including phenoxy) is 1. The highest BCUT2D eigenvalue weighted by Gasteiger charge is 2.22. The van der Waals surface area contributed by atoms with Crippen LogP contribution in [0, 0.1) is 12.8 Å². The number of aryl methyl sites for hydroxylation is 1. The summed E-state index contributed by atoms with van der Waals surface area (Å²) in [6.07, 6.45) is 3.54. The Morgan fingerprint density at radius 3 is 2.94 bits per heavy atom. The van der Waals surface area contributed by atoms with Crippen molar-refractivity contribution >= 4 is 11.6 Å². The third-order valence-corrected chi connectivity index (χ3v) is 3.83. The van der Waals surface area contributed by atoms with E-state index in [9.17, 15) is 0 Å². The van der Waals surface area contributed by atoms with E-state index in [4.69, 9.17) is 16.3 Å². The summed E-state index contributed by atoms with van der Waals surface area (Å²) in [5, 5.41) is 3.85. The molecule has 0 radical (unpaired) electrons. The fourth-order valence-electron chi connectivity index (χ4n) is 2.51. The lowest BCUT2D eigenvalue weighted by Gasteiger charge is -2.11. The molecule has 18 heavy (non-hydrogen) atoms. The number of rotatable bonds is 5. The van der Waals surface area contributed by atoms with E-state index in [0.29, 0.717) is 5.38 Å². The molecule has 1 fully saturated rings. The second-order valence-electron chi connectivity index (χ2n) is 5.05. The summed E-state index contributed by atoms with van der Waals surface area (Å²) < 4.78 is 5.24. The summed E-state index contributed by atoms with van der Waals surface area (Å²) in [4.78, 5) is 4.49. The van der Waals surface area contributed by atoms with Gasteiger partial charge in [0.15, 0.2) is 0 Å². The van der Waals surface area contributed by atoms with Gasteiger partial charge in [0.2, 0.25) is 0 Å². The monoisotopic (exact) mass is 268 g/mol. The van der Waals surface area contributed by atoms with E-state index in [1.807, 2.05) is 19.1 Å². The summed E-state index contributed by atoms with van der Waals surface area (Å²) in [5.74, 6) is 1.60. The molecule has 1 saturated carbocycles. The lowest BCUT2D eigenvalue weighted by atomic mass is 10.1. The Bertz CT molecular complexity index is 397. The van der Waals surface area contributed by atoms with Gasteiger partial charge < -0.3 is 10.1 Å². The zero-order valence-corrected chi connectivity index (χ0v) is 11.8. The van der Waals surface area contributed by atoms with Crippen molar-refractivity contribution in [1.82, 2.24) is 10.3 Å². The highest BCUT2D eigenvalue weighted by Crippen LogP contribution is 2.28. The van der Waals surface area contributed by atoms with Crippen LogP contribution in [0.1, 0.15) is 30.7 Å². The van der Waals surface area contributed by atoms with Gasteiger partial charge in [-0.1, -0.05) is 0 Å². The molecular weight excluding hydrogens is 248 g/mol. The second-order valence-corrected chi connectivity index (χ2v) is 5.66. The van der Waals surface area contributed by atoms with Crippen molar-refractivity contribution < 1.29 is 4.74 Å². The number of alkyl halides is 1. The van der Waals surface area contributed by atoms with Gasteiger partial charge in [-0.25, -0.2) is 0 Å². The largest absolute Gasteiger partial charge is 0.497 e. The van der Waals surface area contributed by atoms with Crippen LogP contribution in [0.4, 0.5) is 0 Å². The molecule has 100 valence electrons. The molecular formula is C14H21ClN2O. The fourth-order valence-corrected chi connectivity index (χ4v) is 2.89. The lowest BCUT2D eigenvalue weighted by molar-refractivity contribution is 0.412. The van der Waals surface area contributed by atoms with Crippen LogP contribution in [-0.2, 0) is 6.54 Å². The first-order valence-electron chi connectivity index (χ1n) is 6.53. The molecule has 1 aliphatic rings. The maximum atomic E-state index is 6.11. The van der Waals surface area contributed by atoms with Gasteiger partial charge in [0, 0.05) is 29.7 Å². The third kappa shape index (κ3) is 3.85. The van der Waals surface area contributed by atoms with Crippen molar-refractivity contribution in [1.29, 1.82) is 0 Å². The molecule has 0 saturated heterocycles. The molecule has 0 spiro atoms. The predicted molar refractivity (Wildman–Crippen MR) is 74.2 cm³/mol. The number of hydrogen-bond acceptors (Lipinski definition) is 3. The Balaban J connectivity index is 1.81. The molecule has 1 aromatic rings. The van der Waals surface area contributed by atoms with E-state index in [0.717, 1.165) is 49.0 Å². The molecule has 0 aliphatic heterocycles. The topological polar surface area (TPSA) is 34.1 Å². The molecule has 4 heteroatoms. The van der Waals surface area contributed by atoms with Gasteiger partial charge in [-0.05, 0) is 38.6 Å². The van der Waals surface area contributed by atoms with E-state index in [2.05, 4.69) is 10.3 Å². The van der Waals surface area contributed by atoms with Crippen LogP contribution in [0.2, 0.25) is 0 Å². The van der Waals surface area contributed by atoms with Crippen molar-refractivity contribution in [2.75, 3.05) is 13.7 Å². The first-order valence-corrected chi connectivity index (χ1v) is 6.97. The predicted octanol–water partition coefficient (Wildman–Crippen LogP) is 2.90. The quantitative estimate of drug-likeness (QED) is 0.834. The van der Waals surface area contributed by atoms with Crippen LogP contribution in [0.15, 0.2) is 12.1 Å². The molecule has 0 bridgehead atoms. The standard InChI is InChI=1S/C14H21ClN2O/c1-10-5-14(18-2)7-13(17-10)9-16-8-11-3-4-12(15)6-11/h5,7,11-12,16H,3-4,6,8-9H2,1-2H3. The zero-order chi connectivity index (χ0) is 13.0. The molecule has 1 aromatic heterocycles. The van der Waals surface area contributed by atoms with Crippen LogP contribution in [-0.4, -0.2) is 24.0 Å². The number of methoxy groups -OCH3 is 1. The number of nitrogens with one attached hydrogen (secondary N) is 1. The maximum absolute atomic E-state index is 6.11. The molecule has 0 amide bonds. The Morgan fingerprint density at radius 1 is 1.44 bits per heavy atom. The first-order chi connectivity index (χ1) is 8.67. The van der Waals surface area contributed by atoms with Gasteiger partial charge in [0.25, 0.3) is 0 Å². The minimum absolute atomic E-state index is 0.383. The zero-order valence-electron chi connectivity index (χ0n) is 11.1. The number of hydrogen-bond donors (Lipinski definition) is 1. The van der Waals surface area contributed by atoms with Crippen LogP contribution in [0.25, 0.3) is 0 Å². The van der Waals surface area contributed by atoms with Gasteiger partial charge in [-0.2, -0.15) is 0 Å². The summed E-state index contributed by atoms with van der Waals surface area (Å²) in [6, 6.07) is 3.93. The van der Waals surface area contributed by atoms with Crippen molar-refractivity contribution in [2.24, 2.45) is 5.92 Å². The molecule has 3 nitrogen and oxygen atoms in total. The second kappa shape index (κ2) is 6.39. The Hall–Kier alpha value is -0.800. The van der Waals surface area contributed by atoms with Crippen molar-refractivity contribution in [2.45, 2.75) is 38.1 Å². The minimum Gasteiger partial charge on any atom is -0.497 e. The minimum atomic E-state index is 0.383. The SMILES string of the molecule is COc1cc(C)nc(CNCC2CCC(Cl)C2)c1. The summed E-state index contributed by atoms with van der Waals surface area (Å²) in [5.41, 5.74) is 2.03. The van der Waals surface area contributed by atoms with E-state index in [-0.39, 0.29) is 0 Å². The number of aromatic nitrogens is 1. The van der Waals surface area contributed by atoms with Gasteiger partial charge in [-0.15, -0.1) is 11.6 Å². The van der Waals surface area contributed by atoms with Crippen molar-refractivity contribution in [3.63, 3.8) is 0 Å². The molecule has 2 unspecified atom stereocenters. The van der Waals surface area contributed by atoms with Gasteiger partial charge in [0.05, 0.1) is 12.8 Å². The highest BCUT2D eigenvalue weighted by molar-refractivity contribution is 6.20. The molecule has 1 aliphatic carbocycles. The molecule has 1 heterocycles. The highest BCUT2D eigenvalue weighted by atomic mass is 35.5. The van der Waals surface area contributed by atoms with Crippen molar-refractivity contribution in [3.05, 3.63) is 23.5 Å². The first kappa shape index (κ1) is 13.6. The Labute approximate surface area is 114 Å². The number of nitrogens with zero attached hydrogens (tertiary/aromatic N) is 1. The van der Waals surface area contributed by atoms with Crippen molar-refractivity contribution in [3.8, 4) is 5.75 Å². The average Bonchev–Trinajstić information content (AvgIpc) is 2.74. The molecule has 2 atom stereocenters. The molecule has 0 aromatic carbocycles. The van der Waals surface area contributed by atoms with E-state index in [1.54, 1.807) is 7.11 Å². The van der Waals surface area contributed by atoms with Crippen LogP contribution < -0.4 is 10.1 Å². The average molecular weight is 269 g/mol. The molecule has 1 N–H and O–H groups in total. The Morgan fingerprint density at radius 2 is 2.28 bits per heavy atom.